The first-order valence-electron chi connectivity index (χ1n) is 12.6. The number of nitrogens with zero attached hydrogens (tertiary/aromatic N) is 3. The van der Waals surface area contributed by atoms with Crippen molar-refractivity contribution in [2.45, 2.75) is 64.7 Å². The van der Waals surface area contributed by atoms with E-state index in [2.05, 4.69) is 42.0 Å². The zero-order valence-electron chi connectivity index (χ0n) is 20.7. The predicted octanol–water partition coefficient (Wildman–Crippen LogP) is 6.45. The Morgan fingerprint density at radius 1 is 1.26 bits per heavy atom. The second-order valence-electron chi connectivity index (χ2n) is 8.84. The number of anilines is 2. The third-order valence-electron chi connectivity index (χ3n) is 6.30. The lowest BCUT2D eigenvalue weighted by atomic mass is 9.90. The van der Waals surface area contributed by atoms with Gasteiger partial charge in [0, 0.05) is 54.5 Å². The highest BCUT2D eigenvalue weighted by Gasteiger charge is 2.22. The van der Waals surface area contributed by atoms with Gasteiger partial charge >= 0.3 is 0 Å². The van der Waals surface area contributed by atoms with Crippen molar-refractivity contribution in [1.82, 2.24) is 10.4 Å². The molecule has 5 nitrogen and oxygen atoms in total. The van der Waals surface area contributed by atoms with Gasteiger partial charge < -0.3 is 4.90 Å². The van der Waals surface area contributed by atoms with Gasteiger partial charge in [0.2, 0.25) is 0 Å². The summed E-state index contributed by atoms with van der Waals surface area (Å²) in [4.78, 5) is 8.26. The van der Waals surface area contributed by atoms with Crippen molar-refractivity contribution >= 4 is 43.4 Å². The molecule has 1 aliphatic carbocycles. The quantitative estimate of drug-likeness (QED) is 0.308. The molecule has 4 rings (SSSR count). The Hall–Kier alpha value is -1.32. The van der Waals surface area contributed by atoms with Crippen LogP contribution in [0.5, 0.6) is 0 Å². The summed E-state index contributed by atoms with van der Waals surface area (Å²) in [6, 6.07) is 6.39. The van der Waals surface area contributed by atoms with Crippen LogP contribution in [0.25, 0.3) is 10.4 Å². The molecule has 0 bridgehead atoms. The summed E-state index contributed by atoms with van der Waals surface area (Å²) in [5, 5.41) is 13.1. The topological polar surface area (TPSA) is 51.6 Å². The lowest BCUT2D eigenvalue weighted by Crippen LogP contribution is -2.38. The van der Waals surface area contributed by atoms with Gasteiger partial charge in [0.25, 0.3) is 0 Å². The summed E-state index contributed by atoms with van der Waals surface area (Å²) in [5.74, 6) is 2.74. The van der Waals surface area contributed by atoms with Gasteiger partial charge in [0.15, 0.2) is 0 Å². The molecular formula is C26H40N4OS3. The fourth-order valence-electron chi connectivity index (χ4n) is 4.39. The summed E-state index contributed by atoms with van der Waals surface area (Å²) in [6.45, 7) is 10.3. The fraction of sp³-hybridized carbons (Fsp3) is 0.577. The summed E-state index contributed by atoms with van der Waals surface area (Å²) >= 11 is 7.25. The zero-order chi connectivity index (χ0) is 24.3. The van der Waals surface area contributed by atoms with Gasteiger partial charge in [-0.15, -0.1) is 27.4 Å². The van der Waals surface area contributed by atoms with E-state index in [4.69, 9.17) is 16.2 Å². The van der Waals surface area contributed by atoms with Crippen molar-refractivity contribution in [3.63, 3.8) is 0 Å². The first-order valence-corrected chi connectivity index (χ1v) is 15.9. The molecule has 0 unspecified atom stereocenters. The molecule has 2 N–H and O–H groups in total. The van der Waals surface area contributed by atoms with E-state index in [1.54, 1.807) is 11.3 Å². The monoisotopic (exact) mass is 520 g/mol. The van der Waals surface area contributed by atoms with E-state index in [0.29, 0.717) is 12.5 Å². The van der Waals surface area contributed by atoms with E-state index in [-0.39, 0.29) is 9.45 Å². The van der Waals surface area contributed by atoms with Crippen LogP contribution in [0, 0.1) is 0 Å². The molecule has 0 atom stereocenters. The molecule has 0 spiro atoms. The van der Waals surface area contributed by atoms with Crippen LogP contribution in [-0.4, -0.2) is 41.3 Å². The molecule has 34 heavy (non-hydrogen) atoms. The minimum Gasteiger partial charge on any atom is -0.370 e. The van der Waals surface area contributed by atoms with Crippen molar-refractivity contribution in [3.8, 4) is 10.4 Å². The Morgan fingerprint density at radius 3 is 2.62 bits per heavy atom. The van der Waals surface area contributed by atoms with Gasteiger partial charge in [-0.3, -0.25) is 5.21 Å². The maximum Gasteiger partial charge on any atom is 0.0962 e. The molecule has 0 radical (unpaired) electrons. The molecule has 2 aromatic rings. The number of aromatic nitrogens is 1. The Kier molecular flexibility index (Phi) is 11.5. The Bertz CT molecular complexity index is 917. The number of hydrogen-bond acceptors (Lipinski definition) is 7. The lowest BCUT2D eigenvalue weighted by Gasteiger charge is -2.31. The molecule has 188 valence electrons. The largest absolute Gasteiger partial charge is 0.370 e. The Balaban J connectivity index is 0.000000588. The third kappa shape index (κ3) is 7.59. The molecule has 1 saturated heterocycles. The average molecular weight is 521 g/mol. The van der Waals surface area contributed by atoms with Crippen LogP contribution in [0.3, 0.4) is 0 Å². The number of unbranched alkanes of at least 4 members (excludes halogenated alkanes) is 1. The smallest absolute Gasteiger partial charge is 0.0962 e. The summed E-state index contributed by atoms with van der Waals surface area (Å²) < 4.78 is 0. The highest BCUT2D eigenvalue weighted by molar-refractivity contribution is 8.28. The molecule has 1 aromatic heterocycles. The normalized spacial score (nSPS) is 17.2. The van der Waals surface area contributed by atoms with Crippen LogP contribution in [0.4, 0.5) is 11.4 Å². The third-order valence-corrected chi connectivity index (χ3v) is 9.77. The SMILES string of the molecule is C=CCCC.CCNN(O)c1cc(N2CCS(=S)CC2)ccc1-c1cnc(C2CCCCC2)s1. The number of hydrogen-bond donors (Lipinski definition) is 2. The van der Waals surface area contributed by atoms with Gasteiger partial charge in [-0.05, 0) is 37.5 Å². The molecular weight excluding hydrogens is 481 g/mol. The number of hydrazine groups is 1. The van der Waals surface area contributed by atoms with Gasteiger partial charge in [-0.1, -0.05) is 56.8 Å². The van der Waals surface area contributed by atoms with Crippen LogP contribution >= 0.6 is 11.3 Å². The van der Waals surface area contributed by atoms with Crippen LogP contribution < -0.4 is 15.5 Å². The highest BCUT2D eigenvalue weighted by atomic mass is 32.8. The molecule has 1 saturated carbocycles. The first kappa shape index (κ1) is 27.3. The Morgan fingerprint density at radius 2 is 2.00 bits per heavy atom. The second-order valence-corrected chi connectivity index (χ2v) is 13.0. The van der Waals surface area contributed by atoms with Crippen molar-refractivity contribution in [1.29, 1.82) is 0 Å². The standard InChI is InChI=1S/C21H30N4OS3.C5H10/c1-2-23-25(26)19-14-17(24-10-12-29(27)13-11-24)8-9-18(19)20-15-22-21(28-20)16-6-4-3-5-7-16;1-3-5-4-2/h8-9,14-16,23,26H,2-7,10-13H2,1H3;3H,1,4-5H2,2H3. The molecule has 0 amide bonds. The summed E-state index contributed by atoms with van der Waals surface area (Å²) in [6.07, 6.45) is 12.8. The molecule has 1 aliphatic heterocycles. The molecule has 2 aliphatic rings. The molecule has 2 fully saturated rings. The number of thiazole rings is 1. The fourth-order valence-corrected chi connectivity index (χ4v) is 7.01. The predicted molar refractivity (Wildman–Crippen MR) is 153 cm³/mol. The van der Waals surface area contributed by atoms with Gasteiger partial charge in [-0.25, -0.2) is 10.4 Å². The van der Waals surface area contributed by atoms with Gasteiger partial charge in [0.05, 0.1) is 15.6 Å². The van der Waals surface area contributed by atoms with Crippen LogP contribution in [0.1, 0.15) is 69.7 Å². The number of rotatable bonds is 8. The lowest BCUT2D eigenvalue weighted by molar-refractivity contribution is 0.214. The van der Waals surface area contributed by atoms with Crippen molar-refractivity contribution < 1.29 is 5.21 Å². The zero-order valence-corrected chi connectivity index (χ0v) is 23.1. The summed E-state index contributed by atoms with van der Waals surface area (Å²) in [5.41, 5.74) is 5.97. The summed E-state index contributed by atoms with van der Waals surface area (Å²) in [7, 11) is 0.127. The number of allylic oxidation sites excluding steroid dienone is 1. The van der Waals surface area contributed by atoms with Gasteiger partial charge in [-0.2, -0.15) is 5.17 Å². The van der Waals surface area contributed by atoms with Crippen molar-refractivity contribution in [2.24, 2.45) is 0 Å². The van der Waals surface area contributed by atoms with E-state index >= 15 is 0 Å². The highest BCUT2D eigenvalue weighted by Crippen LogP contribution is 2.41. The minimum atomic E-state index is 0.127. The Labute approximate surface area is 216 Å². The van der Waals surface area contributed by atoms with Gasteiger partial charge in [0.1, 0.15) is 0 Å². The molecule has 1 aromatic carbocycles. The molecule has 2 heterocycles. The average Bonchev–Trinajstić information content (AvgIpc) is 3.36. The first-order chi connectivity index (χ1) is 16.6. The van der Waals surface area contributed by atoms with Crippen LogP contribution in [0.15, 0.2) is 37.1 Å². The minimum absolute atomic E-state index is 0.127. The van der Waals surface area contributed by atoms with E-state index in [9.17, 15) is 5.21 Å². The maximum absolute atomic E-state index is 10.7. The van der Waals surface area contributed by atoms with Crippen molar-refractivity contribution in [2.75, 3.05) is 41.2 Å². The number of nitrogens with one attached hydrogen (secondary N) is 1. The van der Waals surface area contributed by atoms with E-state index < -0.39 is 0 Å². The maximum atomic E-state index is 10.7. The van der Waals surface area contributed by atoms with Crippen LogP contribution in [-0.2, 0) is 20.6 Å². The number of benzene rings is 1. The second kappa shape index (κ2) is 14.3. The van der Waals surface area contributed by atoms with E-state index in [0.717, 1.165) is 52.8 Å². The van der Waals surface area contributed by atoms with Crippen LogP contribution in [0.2, 0.25) is 0 Å². The van der Waals surface area contributed by atoms with E-state index in [1.165, 1.54) is 48.7 Å². The van der Waals surface area contributed by atoms with Crippen molar-refractivity contribution in [3.05, 3.63) is 42.1 Å². The molecule has 8 heteroatoms. The van der Waals surface area contributed by atoms with E-state index in [1.807, 2.05) is 19.2 Å².